The number of hydrogen-bond donors (Lipinski definition) is 0. The molecule has 0 unspecified atom stereocenters. The maximum atomic E-state index is 10.9. The first-order valence-electron chi connectivity index (χ1n) is 5.82. The molecule has 5 nitrogen and oxygen atoms in total. The number of benzene rings is 2. The van der Waals surface area contributed by atoms with Gasteiger partial charge >= 0.3 is 5.69 Å². The fourth-order valence-corrected chi connectivity index (χ4v) is 2.55. The van der Waals surface area contributed by atoms with E-state index >= 15 is 0 Å². The van der Waals surface area contributed by atoms with Crippen LogP contribution in [0, 0.1) is 21.4 Å². The molecule has 0 bridgehead atoms. The molecule has 2 rings (SSSR count). The van der Waals surface area contributed by atoms with Gasteiger partial charge in [-0.2, -0.15) is 5.26 Å². The van der Waals surface area contributed by atoms with E-state index in [1.54, 1.807) is 30.3 Å². The average molecular weight is 321 g/mol. The standard InChI is InChI=1S/C14H9ClN2O3S/c15-10-1-3-11(4-2-10)21-12-5-6-13(17(18)19)14(9-12)20-8-7-16/h1-6,9H,8H2. The molecular weight excluding hydrogens is 312 g/mol. The molecule has 106 valence electrons. The van der Waals surface area contributed by atoms with Crippen molar-refractivity contribution < 1.29 is 9.66 Å². The van der Waals surface area contributed by atoms with Crippen molar-refractivity contribution in [3.63, 3.8) is 0 Å². The van der Waals surface area contributed by atoms with E-state index in [1.807, 2.05) is 12.1 Å². The topological polar surface area (TPSA) is 76.2 Å². The van der Waals surface area contributed by atoms with Crippen molar-refractivity contribution in [3.8, 4) is 11.8 Å². The molecule has 0 saturated carbocycles. The van der Waals surface area contributed by atoms with Crippen LogP contribution >= 0.6 is 23.4 Å². The summed E-state index contributed by atoms with van der Waals surface area (Å²) in [7, 11) is 0. The van der Waals surface area contributed by atoms with E-state index in [0.29, 0.717) is 5.02 Å². The van der Waals surface area contributed by atoms with Crippen LogP contribution in [0.2, 0.25) is 5.02 Å². The van der Waals surface area contributed by atoms with Crippen LogP contribution < -0.4 is 4.74 Å². The Bertz CT molecular complexity index is 698. The van der Waals surface area contributed by atoms with Crippen LogP contribution in [0.1, 0.15) is 0 Å². The predicted molar refractivity (Wildman–Crippen MR) is 79.8 cm³/mol. The monoisotopic (exact) mass is 320 g/mol. The quantitative estimate of drug-likeness (QED) is 0.606. The minimum atomic E-state index is -0.538. The fraction of sp³-hybridized carbons (Fsp3) is 0.0714. The molecule has 0 aliphatic heterocycles. The summed E-state index contributed by atoms with van der Waals surface area (Å²) in [4.78, 5) is 12.1. The molecule has 21 heavy (non-hydrogen) atoms. The maximum Gasteiger partial charge on any atom is 0.311 e. The van der Waals surface area contributed by atoms with Gasteiger partial charge in [-0.05, 0) is 30.3 Å². The van der Waals surface area contributed by atoms with Crippen LogP contribution in [-0.2, 0) is 0 Å². The number of hydrogen-bond acceptors (Lipinski definition) is 5. The van der Waals surface area contributed by atoms with Gasteiger partial charge in [-0.25, -0.2) is 0 Å². The first-order chi connectivity index (χ1) is 10.1. The van der Waals surface area contributed by atoms with E-state index in [-0.39, 0.29) is 18.0 Å². The van der Waals surface area contributed by atoms with Gasteiger partial charge < -0.3 is 4.74 Å². The largest absolute Gasteiger partial charge is 0.472 e. The number of nitro benzene ring substituents is 1. The van der Waals surface area contributed by atoms with Crippen LogP contribution in [-0.4, -0.2) is 11.5 Å². The number of nitriles is 1. The Labute approximate surface area is 130 Å². The minimum absolute atomic E-state index is 0.0838. The zero-order valence-electron chi connectivity index (χ0n) is 10.7. The molecule has 0 saturated heterocycles. The van der Waals surface area contributed by atoms with Crippen LogP contribution in [0.4, 0.5) is 5.69 Å². The molecule has 0 heterocycles. The van der Waals surface area contributed by atoms with Crippen LogP contribution in [0.5, 0.6) is 5.75 Å². The number of nitro groups is 1. The van der Waals surface area contributed by atoms with Gasteiger partial charge in [-0.15, -0.1) is 0 Å². The molecule has 0 radical (unpaired) electrons. The Balaban J connectivity index is 2.26. The Kier molecular flexibility index (Phi) is 5.04. The lowest BCUT2D eigenvalue weighted by molar-refractivity contribution is -0.385. The highest BCUT2D eigenvalue weighted by molar-refractivity contribution is 7.99. The zero-order valence-corrected chi connectivity index (χ0v) is 12.2. The first kappa shape index (κ1) is 15.2. The van der Waals surface area contributed by atoms with E-state index in [9.17, 15) is 10.1 Å². The van der Waals surface area contributed by atoms with Crippen molar-refractivity contribution in [2.24, 2.45) is 0 Å². The smallest absolute Gasteiger partial charge is 0.311 e. The molecule has 7 heteroatoms. The summed E-state index contributed by atoms with van der Waals surface area (Å²) in [5, 5.41) is 20.1. The van der Waals surface area contributed by atoms with Gasteiger partial charge in [0.2, 0.25) is 0 Å². The molecule has 0 aromatic heterocycles. The highest BCUT2D eigenvalue weighted by Crippen LogP contribution is 2.35. The molecule has 0 amide bonds. The maximum absolute atomic E-state index is 10.9. The van der Waals surface area contributed by atoms with Crippen molar-refractivity contribution in [1.82, 2.24) is 0 Å². The van der Waals surface area contributed by atoms with Gasteiger partial charge in [0.25, 0.3) is 0 Å². The van der Waals surface area contributed by atoms with Gasteiger partial charge in [0, 0.05) is 26.9 Å². The lowest BCUT2D eigenvalue weighted by atomic mass is 10.3. The number of nitrogens with zero attached hydrogens (tertiary/aromatic N) is 2. The first-order valence-corrected chi connectivity index (χ1v) is 7.01. The third kappa shape index (κ3) is 4.12. The summed E-state index contributed by atoms with van der Waals surface area (Å²) < 4.78 is 5.11. The van der Waals surface area contributed by atoms with E-state index in [2.05, 4.69) is 0 Å². The molecule has 2 aromatic carbocycles. The summed E-state index contributed by atoms with van der Waals surface area (Å²) >= 11 is 7.24. The Morgan fingerprint density at radius 2 is 1.90 bits per heavy atom. The minimum Gasteiger partial charge on any atom is -0.472 e. The lowest BCUT2D eigenvalue weighted by Crippen LogP contribution is -1.98. The Hall–Kier alpha value is -2.23. The van der Waals surface area contributed by atoms with Gasteiger partial charge in [0.1, 0.15) is 6.07 Å². The summed E-state index contributed by atoms with van der Waals surface area (Å²) in [6, 6.07) is 13.6. The van der Waals surface area contributed by atoms with Gasteiger partial charge in [-0.3, -0.25) is 10.1 Å². The third-order valence-corrected chi connectivity index (χ3v) is 3.72. The van der Waals surface area contributed by atoms with Crippen molar-refractivity contribution in [3.05, 3.63) is 57.6 Å². The number of ether oxygens (including phenoxy) is 1. The van der Waals surface area contributed by atoms with Crippen LogP contribution in [0.15, 0.2) is 52.3 Å². The molecule has 0 N–H and O–H groups in total. The van der Waals surface area contributed by atoms with Gasteiger partial charge in [0.15, 0.2) is 12.4 Å². The SMILES string of the molecule is N#CCOc1cc(Sc2ccc(Cl)cc2)ccc1[N+](=O)[O-]. The second-order valence-electron chi connectivity index (χ2n) is 3.89. The summed E-state index contributed by atoms with van der Waals surface area (Å²) in [5.41, 5.74) is -0.161. The molecule has 2 aromatic rings. The van der Waals surface area contributed by atoms with Crippen molar-refractivity contribution in [2.75, 3.05) is 6.61 Å². The fourth-order valence-electron chi connectivity index (χ4n) is 1.57. The van der Waals surface area contributed by atoms with Crippen LogP contribution in [0.3, 0.4) is 0 Å². The van der Waals surface area contributed by atoms with Crippen molar-refractivity contribution in [2.45, 2.75) is 9.79 Å². The number of rotatable bonds is 5. The lowest BCUT2D eigenvalue weighted by Gasteiger charge is -2.06. The second kappa shape index (κ2) is 6.97. The van der Waals surface area contributed by atoms with Gasteiger partial charge in [0.05, 0.1) is 4.92 Å². The Morgan fingerprint density at radius 1 is 1.24 bits per heavy atom. The normalized spacial score (nSPS) is 9.90. The molecular formula is C14H9ClN2O3S. The molecule has 0 aliphatic rings. The Morgan fingerprint density at radius 3 is 2.52 bits per heavy atom. The van der Waals surface area contributed by atoms with E-state index in [1.165, 1.54) is 17.8 Å². The molecule has 0 atom stereocenters. The van der Waals surface area contributed by atoms with Crippen LogP contribution in [0.25, 0.3) is 0 Å². The zero-order chi connectivity index (χ0) is 15.2. The van der Waals surface area contributed by atoms with E-state index in [0.717, 1.165) is 9.79 Å². The molecule has 0 aliphatic carbocycles. The summed E-state index contributed by atoms with van der Waals surface area (Å²) in [6.07, 6.45) is 0. The van der Waals surface area contributed by atoms with Crippen molar-refractivity contribution >= 4 is 29.1 Å². The van der Waals surface area contributed by atoms with E-state index in [4.69, 9.17) is 21.6 Å². The molecule has 0 spiro atoms. The number of halogens is 1. The predicted octanol–water partition coefficient (Wildman–Crippen LogP) is 4.30. The highest BCUT2D eigenvalue weighted by Gasteiger charge is 2.16. The second-order valence-corrected chi connectivity index (χ2v) is 5.47. The summed E-state index contributed by atoms with van der Waals surface area (Å²) in [5.74, 6) is 0.0838. The van der Waals surface area contributed by atoms with E-state index < -0.39 is 4.92 Å². The molecule has 0 fully saturated rings. The van der Waals surface area contributed by atoms with Gasteiger partial charge in [-0.1, -0.05) is 23.4 Å². The third-order valence-electron chi connectivity index (χ3n) is 2.47. The summed E-state index contributed by atoms with van der Waals surface area (Å²) in [6.45, 7) is -0.240. The highest BCUT2D eigenvalue weighted by atomic mass is 35.5. The van der Waals surface area contributed by atoms with Crippen molar-refractivity contribution in [1.29, 1.82) is 5.26 Å². The average Bonchev–Trinajstić information content (AvgIpc) is 2.47.